The molecule has 0 aromatic heterocycles. The maximum absolute atomic E-state index is 13.9. The maximum Gasteiger partial charge on any atom is 0.258 e. The summed E-state index contributed by atoms with van der Waals surface area (Å²) in [7, 11) is 1.56. The van der Waals surface area contributed by atoms with E-state index in [0.717, 1.165) is 36.1 Å². The van der Waals surface area contributed by atoms with E-state index in [1.54, 1.807) is 19.2 Å². The largest absolute Gasteiger partial charge is 0.497 e. The Kier molecular flexibility index (Phi) is 4.72. The molecule has 1 unspecified atom stereocenters. The van der Waals surface area contributed by atoms with Crippen LogP contribution in [-0.2, 0) is 12.0 Å². The fraction of sp³-hybridized carbons (Fsp3) is 0.316. The van der Waals surface area contributed by atoms with Crippen molar-refractivity contribution in [3.63, 3.8) is 0 Å². The van der Waals surface area contributed by atoms with Crippen LogP contribution in [0.2, 0.25) is 0 Å². The number of hydrogen-bond acceptors (Lipinski definition) is 3. The molecule has 2 aromatic carbocycles. The first-order valence-corrected chi connectivity index (χ1v) is 8.05. The van der Waals surface area contributed by atoms with Crippen molar-refractivity contribution >= 4 is 5.91 Å². The molecule has 1 aliphatic rings. The first-order valence-electron chi connectivity index (χ1n) is 8.05. The Bertz CT molecular complexity index is 789. The van der Waals surface area contributed by atoms with Gasteiger partial charge in [-0.05, 0) is 54.7 Å². The van der Waals surface area contributed by atoms with Gasteiger partial charge >= 0.3 is 0 Å². The average molecular weight is 347 g/mol. The molecule has 2 N–H and O–H groups in total. The topological polar surface area (TPSA) is 58.6 Å². The van der Waals surface area contributed by atoms with E-state index in [-0.39, 0.29) is 6.61 Å². The van der Waals surface area contributed by atoms with Crippen molar-refractivity contribution in [2.75, 3.05) is 13.7 Å². The van der Waals surface area contributed by atoms with Crippen LogP contribution in [0, 0.1) is 11.6 Å². The van der Waals surface area contributed by atoms with Crippen molar-refractivity contribution in [2.45, 2.75) is 24.8 Å². The Morgan fingerprint density at radius 2 is 2.00 bits per heavy atom. The number of carbonyl (C=O) groups excluding carboxylic acids is 1. The van der Waals surface area contributed by atoms with Gasteiger partial charge in [0.05, 0.1) is 19.3 Å². The molecule has 1 atom stereocenters. The zero-order valence-corrected chi connectivity index (χ0v) is 13.8. The highest BCUT2D eigenvalue weighted by atomic mass is 19.1. The van der Waals surface area contributed by atoms with Gasteiger partial charge in [-0.1, -0.05) is 12.1 Å². The van der Waals surface area contributed by atoms with Gasteiger partial charge < -0.3 is 15.2 Å². The van der Waals surface area contributed by atoms with Crippen molar-refractivity contribution in [3.05, 3.63) is 64.7 Å². The number of aliphatic hydroxyl groups excluding tert-OH is 1. The first-order chi connectivity index (χ1) is 12.0. The lowest BCUT2D eigenvalue weighted by molar-refractivity contribution is 0.0790. The lowest BCUT2D eigenvalue weighted by Crippen LogP contribution is -2.51. The Hall–Kier alpha value is -2.47. The number of aliphatic hydroxyl groups is 1. The van der Waals surface area contributed by atoms with Crippen molar-refractivity contribution in [2.24, 2.45) is 0 Å². The molecular formula is C19H19F2NO3. The number of ether oxygens (including phenoxy) is 1. The van der Waals surface area contributed by atoms with Crippen LogP contribution in [0.25, 0.3) is 0 Å². The Morgan fingerprint density at radius 3 is 2.64 bits per heavy atom. The predicted octanol–water partition coefficient (Wildman–Crippen LogP) is 2.93. The van der Waals surface area contributed by atoms with Crippen LogP contribution in [0.4, 0.5) is 8.78 Å². The highest BCUT2D eigenvalue weighted by molar-refractivity contribution is 5.95. The van der Waals surface area contributed by atoms with Crippen molar-refractivity contribution in [1.29, 1.82) is 0 Å². The number of aryl methyl sites for hydroxylation is 1. The van der Waals surface area contributed by atoms with Gasteiger partial charge in [-0.3, -0.25) is 4.79 Å². The molecule has 0 radical (unpaired) electrons. The third kappa shape index (κ3) is 3.09. The molecule has 1 amide bonds. The number of halogens is 2. The van der Waals surface area contributed by atoms with E-state index < -0.39 is 28.6 Å². The van der Waals surface area contributed by atoms with Crippen LogP contribution in [0.15, 0.2) is 36.4 Å². The quantitative estimate of drug-likeness (QED) is 0.894. The van der Waals surface area contributed by atoms with E-state index in [1.807, 2.05) is 6.07 Å². The molecule has 0 saturated heterocycles. The standard InChI is InChI=1S/C19H19F2NO3/c1-25-13-7-8-14-12(10-13)4-3-9-19(14,11-23)22-18(24)17-15(20)5-2-6-16(17)21/h2,5-8,10,23H,3-4,9,11H2,1H3,(H,22,24). The smallest absolute Gasteiger partial charge is 0.258 e. The summed E-state index contributed by atoms with van der Waals surface area (Å²) in [5.41, 5.74) is -0.0388. The monoisotopic (exact) mass is 347 g/mol. The zero-order chi connectivity index (χ0) is 18.0. The van der Waals surface area contributed by atoms with Crippen molar-refractivity contribution in [3.8, 4) is 5.75 Å². The fourth-order valence-corrected chi connectivity index (χ4v) is 3.41. The van der Waals surface area contributed by atoms with Crippen molar-refractivity contribution in [1.82, 2.24) is 5.32 Å². The molecule has 0 bridgehead atoms. The summed E-state index contributed by atoms with van der Waals surface area (Å²) < 4.78 is 33.0. The number of methoxy groups -OCH3 is 1. The fourth-order valence-electron chi connectivity index (χ4n) is 3.41. The predicted molar refractivity (Wildman–Crippen MR) is 88.5 cm³/mol. The molecule has 25 heavy (non-hydrogen) atoms. The second-order valence-electron chi connectivity index (χ2n) is 6.17. The molecule has 132 valence electrons. The minimum Gasteiger partial charge on any atom is -0.497 e. The number of fused-ring (bicyclic) bond motifs is 1. The summed E-state index contributed by atoms with van der Waals surface area (Å²) in [4.78, 5) is 12.5. The first kappa shape index (κ1) is 17.4. The summed E-state index contributed by atoms with van der Waals surface area (Å²) in [6.07, 6.45) is 1.98. The molecule has 0 fully saturated rings. The van der Waals surface area contributed by atoms with Gasteiger partial charge in [-0.2, -0.15) is 0 Å². The molecule has 3 rings (SSSR count). The SMILES string of the molecule is COc1ccc2c(c1)CCCC2(CO)NC(=O)c1c(F)cccc1F. The summed E-state index contributed by atoms with van der Waals surface area (Å²) in [6, 6.07) is 8.64. The molecular weight excluding hydrogens is 328 g/mol. The van der Waals surface area contributed by atoms with Crippen LogP contribution in [-0.4, -0.2) is 24.7 Å². The normalized spacial score (nSPS) is 19.2. The van der Waals surface area contributed by atoms with Crippen LogP contribution < -0.4 is 10.1 Å². The Morgan fingerprint density at radius 1 is 1.28 bits per heavy atom. The van der Waals surface area contributed by atoms with Gasteiger partial charge in [-0.15, -0.1) is 0 Å². The third-order valence-electron chi connectivity index (χ3n) is 4.69. The number of nitrogens with one attached hydrogen (secondary N) is 1. The number of amides is 1. The zero-order valence-electron chi connectivity index (χ0n) is 13.8. The van der Waals surface area contributed by atoms with Gasteiger partial charge in [0, 0.05) is 0 Å². The number of rotatable bonds is 4. The number of hydrogen-bond donors (Lipinski definition) is 2. The van der Waals surface area contributed by atoms with Crippen LogP contribution in [0.5, 0.6) is 5.75 Å². The number of benzene rings is 2. The van der Waals surface area contributed by atoms with E-state index in [2.05, 4.69) is 5.32 Å². The van der Waals surface area contributed by atoms with E-state index in [0.29, 0.717) is 12.2 Å². The van der Waals surface area contributed by atoms with Crippen LogP contribution in [0.1, 0.15) is 34.3 Å². The van der Waals surface area contributed by atoms with Gasteiger partial charge in [0.2, 0.25) is 0 Å². The van der Waals surface area contributed by atoms with Crippen molar-refractivity contribution < 1.29 is 23.4 Å². The minimum absolute atomic E-state index is 0.367. The molecule has 2 aromatic rings. The van der Waals surface area contributed by atoms with Gasteiger partial charge in [0.15, 0.2) is 0 Å². The molecule has 0 heterocycles. The maximum atomic E-state index is 13.9. The van der Waals surface area contributed by atoms with Gasteiger partial charge in [0.1, 0.15) is 22.9 Å². The summed E-state index contributed by atoms with van der Waals surface area (Å²) in [5, 5.41) is 12.7. The third-order valence-corrected chi connectivity index (χ3v) is 4.69. The summed E-state index contributed by atoms with van der Waals surface area (Å²) in [6.45, 7) is -0.367. The molecule has 0 saturated carbocycles. The molecule has 1 aliphatic carbocycles. The Labute approximate surface area is 144 Å². The number of carbonyl (C=O) groups is 1. The molecule has 4 nitrogen and oxygen atoms in total. The molecule has 6 heteroatoms. The molecule has 0 aliphatic heterocycles. The van der Waals surface area contributed by atoms with Gasteiger partial charge in [-0.25, -0.2) is 8.78 Å². The summed E-state index contributed by atoms with van der Waals surface area (Å²) >= 11 is 0. The van der Waals surface area contributed by atoms with E-state index >= 15 is 0 Å². The average Bonchev–Trinajstić information content (AvgIpc) is 2.61. The summed E-state index contributed by atoms with van der Waals surface area (Å²) in [5.74, 6) is -2.07. The lowest BCUT2D eigenvalue weighted by atomic mass is 9.76. The second kappa shape index (κ2) is 6.80. The highest BCUT2D eigenvalue weighted by Gasteiger charge is 2.38. The van der Waals surface area contributed by atoms with E-state index in [9.17, 15) is 18.7 Å². The minimum atomic E-state index is -1.08. The van der Waals surface area contributed by atoms with Gasteiger partial charge in [0.25, 0.3) is 5.91 Å². The highest BCUT2D eigenvalue weighted by Crippen LogP contribution is 2.37. The molecule has 0 spiro atoms. The Balaban J connectivity index is 1.99. The van der Waals surface area contributed by atoms with E-state index in [1.165, 1.54) is 6.07 Å². The lowest BCUT2D eigenvalue weighted by Gasteiger charge is -2.38. The van der Waals surface area contributed by atoms with Crippen LogP contribution in [0.3, 0.4) is 0 Å². The van der Waals surface area contributed by atoms with E-state index in [4.69, 9.17) is 4.74 Å². The second-order valence-corrected chi connectivity index (χ2v) is 6.17. The van der Waals surface area contributed by atoms with Crippen LogP contribution >= 0.6 is 0 Å².